The van der Waals surface area contributed by atoms with Crippen molar-refractivity contribution in [3.8, 4) is 0 Å². The topological polar surface area (TPSA) is 21.3 Å². The van der Waals surface area contributed by atoms with E-state index in [-0.39, 0.29) is 6.61 Å². The lowest BCUT2D eigenvalue weighted by molar-refractivity contribution is -0.174. The lowest BCUT2D eigenvalue weighted by Crippen LogP contribution is -2.36. The van der Waals surface area contributed by atoms with Gasteiger partial charge in [-0.1, -0.05) is 20.8 Å². The SMILES string of the molecule is CCNCC1CCC(C)(C)CC1CCCOCC(F)(F)F. The quantitative estimate of drug-likeness (QED) is 0.671. The molecule has 5 heteroatoms. The normalized spacial score (nSPS) is 26.0. The van der Waals surface area contributed by atoms with Gasteiger partial charge in [0.1, 0.15) is 6.61 Å². The zero-order valence-electron chi connectivity index (χ0n) is 13.6. The molecule has 0 amide bonds. The van der Waals surface area contributed by atoms with Crippen LogP contribution in [-0.4, -0.2) is 32.5 Å². The zero-order valence-corrected chi connectivity index (χ0v) is 13.6. The number of hydrogen-bond donors (Lipinski definition) is 1. The van der Waals surface area contributed by atoms with Gasteiger partial charge in [0, 0.05) is 6.61 Å². The van der Waals surface area contributed by atoms with E-state index in [4.69, 9.17) is 4.74 Å². The Labute approximate surface area is 126 Å². The lowest BCUT2D eigenvalue weighted by Gasteiger charge is -2.41. The molecule has 0 aromatic heterocycles. The van der Waals surface area contributed by atoms with Crippen molar-refractivity contribution in [2.24, 2.45) is 17.3 Å². The summed E-state index contributed by atoms with van der Waals surface area (Å²) in [5.74, 6) is 1.25. The second-order valence-electron chi connectivity index (χ2n) is 7.04. The molecule has 0 radical (unpaired) electrons. The Balaban J connectivity index is 2.32. The summed E-state index contributed by atoms with van der Waals surface area (Å²) in [5.41, 5.74) is 0.361. The standard InChI is InChI=1S/C16H30F3NO/c1-4-20-11-14-7-8-15(2,3)10-13(14)6-5-9-21-12-16(17,18)19/h13-14,20H,4-12H2,1-3H3. The number of nitrogens with one attached hydrogen (secondary N) is 1. The molecule has 1 fully saturated rings. The molecule has 0 spiro atoms. The molecule has 1 saturated carbocycles. The maximum absolute atomic E-state index is 12.0. The second-order valence-corrected chi connectivity index (χ2v) is 7.04. The van der Waals surface area contributed by atoms with Crippen molar-refractivity contribution < 1.29 is 17.9 Å². The first-order valence-electron chi connectivity index (χ1n) is 8.09. The average molecular weight is 309 g/mol. The molecule has 0 aromatic carbocycles. The summed E-state index contributed by atoms with van der Waals surface area (Å²) in [6, 6.07) is 0. The molecule has 0 aromatic rings. The van der Waals surface area contributed by atoms with Crippen LogP contribution >= 0.6 is 0 Å². The van der Waals surface area contributed by atoms with Crippen molar-refractivity contribution in [3.63, 3.8) is 0 Å². The minimum Gasteiger partial charge on any atom is -0.372 e. The molecule has 0 aliphatic heterocycles. The molecule has 0 bridgehead atoms. The fourth-order valence-electron chi connectivity index (χ4n) is 3.36. The van der Waals surface area contributed by atoms with Gasteiger partial charge in [-0.3, -0.25) is 0 Å². The Bertz CT molecular complexity index is 292. The Kier molecular flexibility index (Phi) is 7.48. The summed E-state index contributed by atoms with van der Waals surface area (Å²) in [4.78, 5) is 0. The van der Waals surface area contributed by atoms with Crippen molar-refractivity contribution >= 4 is 0 Å². The van der Waals surface area contributed by atoms with Gasteiger partial charge < -0.3 is 10.1 Å². The molecule has 1 N–H and O–H groups in total. The maximum atomic E-state index is 12.0. The highest BCUT2D eigenvalue weighted by Crippen LogP contribution is 2.43. The molecule has 0 heterocycles. The molecule has 1 aliphatic rings. The van der Waals surface area contributed by atoms with Crippen LogP contribution < -0.4 is 5.32 Å². The first kappa shape index (κ1) is 18.8. The van der Waals surface area contributed by atoms with Crippen LogP contribution in [0.5, 0.6) is 0 Å². The average Bonchev–Trinajstić information content (AvgIpc) is 2.35. The third-order valence-electron chi connectivity index (χ3n) is 4.46. The van der Waals surface area contributed by atoms with Gasteiger partial charge in [-0.2, -0.15) is 13.2 Å². The van der Waals surface area contributed by atoms with Crippen LogP contribution in [0.3, 0.4) is 0 Å². The first-order valence-corrected chi connectivity index (χ1v) is 8.09. The van der Waals surface area contributed by atoms with Gasteiger partial charge in [0.15, 0.2) is 0 Å². The highest BCUT2D eigenvalue weighted by Gasteiger charge is 2.34. The Morgan fingerprint density at radius 1 is 1.24 bits per heavy atom. The molecule has 1 aliphatic carbocycles. The van der Waals surface area contributed by atoms with E-state index in [2.05, 4.69) is 26.1 Å². The van der Waals surface area contributed by atoms with E-state index in [1.165, 1.54) is 19.3 Å². The highest BCUT2D eigenvalue weighted by molar-refractivity contribution is 4.85. The summed E-state index contributed by atoms with van der Waals surface area (Å²) < 4.78 is 40.7. The minimum atomic E-state index is -4.21. The molecule has 126 valence electrons. The van der Waals surface area contributed by atoms with Crippen LogP contribution in [0.2, 0.25) is 0 Å². The molecule has 2 atom stereocenters. The zero-order chi connectivity index (χ0) is 15.9. The highest BCUT2D eigenvalue weighted by atomic mass is 19.4. The van der Waals surface area contributed by atoms with Crippen molar-refractivity contribution in [1.82, 2.24) is 5.32 Å². The molecular formula is C16H30F3NO. The fraction of sp³-hybridized carbons (Fsp3) is 1.00. The summed E-state index contributed by atoms with van der Waals surface area (Å²) in [6.07, 6.45) is 1.11. The minimum absolute atomic E-state index is 0.213. The van der Waals surface area contributed by atoms with Gasteiger partial charge in [0.05, 0.1) is 0 Å². The summed E-state index contributed by atoms with van der Waals surface area (Å²) in [6.45, 7) is 7.79. The van der Waals surface area contributed by atoms with Crippen LogP contribution in [0.25, 0.3) is 0 Å². The van der Waals surface area contributed by atoms with Gasteiger partial charge in [-0.05, 0) is 62.4 Å². The number of alkyl halides is 3. The molecule has 2 unspecified atom stereocenters. The van der Waals surface area contributed by atoms with Crippen molar-refractivity contribution in [1.29, 1.82) is 0 Å². The molecular weight excluding hydrogens is 279 g/mol. The third kappa shape index (κ3) is 8.05. The largest absolute Gasteiger partial charge is 0.411 e. The van der Waals surface area contributed by atoms with E-state index in [1.807, 2.05) is 0 Å². The van der Waals surface area contributed by atoms with Crippen molar-refractivity contribution in [2.45, 2.75) is 59.1 Å². The van der Waals surface area contributed by atoms with E-state index in [0.717, 1.165) is 25.9 Å². The lowest BCUT2D eigenvalue weighted by atomic mass is 9.66. The van der Waals surface area contributed by atoms with Crippen LogP contribution in [0.4, 0.5) is 13.2 Å². The smallest absolute Gasteiger partial charge is 0.372 e. The Hall–Kier alpha value is -0.290. The predicted octanol–water partition coefficient (Wildman–Crippen LogP) is 4.40. The summed E-state index contributed by atoms with van der Waals surface area (Å²) >= 11 is 0. The van der Waals surface area contributed by atoms with E-state index in [9.17, 15) is 13.2 Å². The van der Waals surface area contributed by atoms with Gasteiger partial charge >= 0.3 is 6.18 Å². The van der Waals surface area contributed by atoms with Crippen LogP contribution in [0, 0.1) is 17.3 Å². The van der Waals surface area contributed by atoms with Gasteiger partial charge in [0.2, 0.25) is 0 Å². The van der Waals surface area contributed by atoms with Gasteiger partial charge in [-0.25, -0.2) is 0 Å². The van der Waals surface area contributed by atoms with Gasteiger partial charge in [-0.15, -0.1) is 0 Å². The van der Waals surface area contributed by atoms with Crippen LogP contribution in [-0.2, 0) is 4.74 Å². The van der Waals surface area contributed by atoms with Crippen molar-refractivity contribution in [3.05, 3.63) is 0 Å². The fourth-order valence-corrected chi connectivity index (χ4v) is 3.36. The van der Waals surface area contributed by atoms with Gasteiger partial charge in [0.25, 0.3) is 0 Å². The molecule has 1 rings (SSSR count). The maximum Gasteiger partial charge on any atom is 0.411 e. The number of halogens is 3. The number of rotatable bonds is 8. The molecule has 0 saturated heterocycles. The first-order chi connectivity index (χ1) is 9.73. The molecule has 21 heavy (non-hydrogen) atoms. The number of ether oxygens (including phenoxy) is 1. The van der Waals surface area contributed by atoms with E-state index >= 15 is 0 Å². The van der Waals surface area contributed by atoms with E-state index in [0.29, 0.717) is 17.3 Å². The van der Waals surface area contributed by atoms with Crippen molar-refractivity contribution in [2.75, 3.05) is 26.3 Å². The van der Waals surface area contributed by atoms with Crippen LogP contribution in [0.1, 0.15) is 52.9 Å². The van der Waals surface area contributed by atoms with E-state index in [1.54, 1.807) is 0 Å². The van der Waals surface area contributed by atoms with Crippen LogP contribution in [0.15, 0.2) is 0 Å². The number of hydrogen-bond acceptors (Lipinski definition) is 2. The van der Waals surface area contributed by atoms with E-state index < -0.39 is 12.8 Å². The third-order valence-corrected chi connectivity index (χ3v) is 4.46. The Morgan fingerprint density at radius 3 is 2.57 bits per heavy atom. The second kappa shape index (κ2) is 8.37. The molecule has 2 nitrogen and oxygen atoms in total. The predicted molar refractivity (Wildman–Crippen MR) is 79.3 cm³/mol. The summed E-state index contributed by atoms with van der Waals surface area (Å²) in [5, 5.41) is 3.42. The Morgan fingerprint density at radius 2 is 1.95 bits per heavy atom. The summed E-state index contributed by atoms with van der Waals surface area (Å²) in [7, 11) is 0. The monoisotopic (exact) mass is 309 g/mol.